The minimum Gasteiger partial charge on any atom is -0.338 e. The van der Waals surface area contributed by atoms with Gasteiger partial charge < -0.3 is 9.47 Å². The lowest BCUT2D eigenvalue weighted by Gasteiger charge is -2.15. The fourth-order valence-electron chi connectivity index (χ4n) is 3.40. The maximum absolute atomic E-state index is 12.5. The highest BCUT2D eigenvalue weighted by atomic mass is 32.1. The maximum Gasteiger partial charge on any atom is 0.263 e. The molecule has 6 nitrogen and oxygen atoms in total. The van der Waals surface area contributed by atoms with Crippen LogP contribution < -0.4 is 0 Å². The number of hydrogen-bond donors (Lipinski definition) is 0. The molecule has 26 heavy (non-hydrogen) atoms. The summed E-state index contributed by atoms with van der Waals surface area (Å²) in [5.74, 6) is 1.52. The second kappa shape index (κ2) is 6.99. The SMILES string of the molecule is Cc1ncc(-c2cncc(C[C@@H]3CCN(C(=O)c4cccs4)C3)n2)n1C. The number of amides is 1. The van der Waals surface area contributed by atoms with Crippen LogP contribution in [0.2, 0.25) is 0 Å². The van der Waals surface area contributed by atoms with Crippen molar-refractivity contribution in [1.29, 1.82) is 0 Å². The molecule has 4 heterocycles. The van der Waals surface area contributed by atoms with Crippen molar-refractivity contribution in [3.8, 4) is 11.4 Å². The molecular formula is C19H21N5OS. The van der Waals surface area contributed by atoms with E-state index in [1.54, 1.807) is 6.20 Å². The summed E-state index contributed by atoms with van der Waals surface area (Å²) in [6.07, 6.45) is 7.29. The van der Waals surface area contributed by atoms with Crippen LogP contribution in [0.5, 0.6) is 0 Å². The Balaban J connectivity index is 1.44. The second-order valence-electron chi connectivity index (χ2n) is 6.73. The summed E-state index contributed by atoms with van der Waals surface area (Å²) in [5.41, 5.74) is 2.78. The van der Waals surface area contributed by atoms with Gasteiger partial charge in [0.05, 0.1) is 28.7 Å². The van der Waals surface area contributed by atoms with E-state index < -0.39 is 0 Å². The van der Waals surface area contributed by atoms with E-state index in [1.165, 1.54) is 11.3 Å². The molecule has 0 N–H and O–H groups in total. The van der Waals surface area contributed by atoms with E-state index in [0.717, 1.165) is 53.7 Å². The summed E-state index contributed by atoms with van der Waals surface area (Å²) >= 11 is 1.50. The number of rotatable bonds is 4. The Morgan fingerprint density at radius 3 is 2.96 bits per heavy atom. The molecule has 0 bridgehead atoms. The van der Waals surface area contributed by atoms with Crippen LogP contribution in [0.4, 0.5) is 0 Å². The predicted molar refractivity (Wildman–Crippen MR) is 101 cm³/mol. The minimum atomic E-state index is 0.146. The van der Waals surface area contributed by atoms with Gasteiger partial charge in [-0.15, -0.1) is 11.3 Å². The van der Waals surface area contributed by atoms with Crippen molar-refractivity contribution >= 4 is 17.2 Å². The molecule has 0 spiro atoms. The van der Waals surface area contributed by atoms with Crippen molar-refractivity contribution in [3.05, 3.63) is 52.5 Å². The monoisotopic (exact) mass is 367 g/mol. The number of carbonyl (C=O) groups is 1. The van der Waals surface area contributed by atoms with Gasteiger partial charge in [-0.25, -0.2) is 9.97 Å². The fraction of sp³-hybridized carbons (Fsp3) is 0.368. The van der Waals surface area contributed by atoms with Gasteiger partial charge in [0.15, 0.2) is 0 Å². The number of imidazole rings is 1. The first kappa shape index (κ1) is 16.9. The van der Waals surface area contributed by atoms with Crippen LogP contribution in [0.25, 0.3) is 11.4 Å². The number of likely N-dealkylation sites (tertiary alicyclic amines) is 1. The number of aryl methyl sites for hydroxylation is 1. The summed E-state index contributed by atoms with van der Waals surface area (Å²) in [6, 6.07) is 3.82. The Hall–Kier alpha value is -2.54. The highest BCUT2D eigenvalue weighted by molar-refractivity contribution is 7.12. The third kappa shape index (κ3) is 3.26. The lowest BCUT2D eigenvalue weighted by Crippen LogP contribution is -2.28. The molecule has 7 heteroatoms. The van der Waals surface area contributed by atoms with E-state index >= 15 is 0 Å². The summed E-state index contributed by atoms with van der Waals surface area (Å²) in [4.78, 5) is 28.7. The zero-order chi connectivity index (χ0) is 18.1. The van der Waals surface area contributed by atoms with Crippen molar-refractivity contribution in [2.45, 2.75) is 19.8 Å². The minimum absolute atomic E-state index is 0.146. The van der Waals surface area contributed by atoms with Gasteiger partial charge >= 0.3 is 0 Å². The number of nitrogens with zero attached hydrogens (tertiary/aromatic N) is 5. The topological polar surface area (TPSA) is 63.9 Å². The zero-order valence-electron chi connectivity index (χ0n) is 14.9. The number of hydrogen-bond acceptors (Lipinski definition) is 5. The van der Waals surface area contributed by atoms with Gasteiger partial charge in [0.2, 0.25) is 0 Å². The van der Waals surface area contributed by atoms with Crippen molar-refractivity contribution in [2.24, 2.45) is 13.0 Å². The van der Waals surface area contributed by atoms with E-state index in [0.29, 0.717) is 5.92 Å². The maximum atomic E-state index is 12.5. The quantitative estimate of drug-likeness (QED) is 0.711. The Bertz CT molecular complexity index is 918. The first-order chi connectivity index (χ1) is 12.6. The standard InChI is InChI=1S/C19H21N5OS/c1-13-21-11-17(23(13)2)16-10-20-9-15(22-16)8-14-5-6-24(12-14)19(25)18-4-3-7-26-18/h3-4,7,9-11,14H,5-6,8,12H2,1-2H3/t14-/m0/s1. The van der Waals surface area contributed by atoms with E-state index in [-0.39, 0.29) is 5.91 Å². The Labute approximate surface area is 156 Å². The molecule has 1 fully saturated rings. The summed E-state index contributed by atoms with van der Waals surface area (Å²) < 4.78 is 2.02. The van der Waals surface area contributed by atoms with Crippen molar-refractivity contribution in [3.63, 3.8) is 0 Å². The normalized spacial score (nSPS) is 17.0. The molecule has 1 saturated heterocycles. The molecule has 0 radical (unpaired) electrons. The fourth-order valence-corrected chi connectivity index (χ4v) is 4.09. The molecular weight excluding hydrogens is 346 g/mol. The third-order valence-electron chi connectivity index (χ3n) is 4.97. The molecule has 1 amide bonds. The summed E-state index contributed by atoms with van der Waals surface area (Å²) in [6.45, 7) is 3.57. The molecule has 134 valence electrons. The van der Waals surface area contributed by atoms with Gasteiger partial charge in [0.1, 0.15) is 11.5 Å². The van der Waals surface area contributed by atoms with Crippen LogP contribution in [0.3, 0.4) is 0 Å². The van der Waals surface area contributed by atoms with Crippen LogP contribution in [-0.4, -0.2) is 43.4 Å². The van der Waals surface area contributed by atoms with Crippen molar-refractivity contribution in [1.82, 2.24) is 24.4 Å². The molecule has 0 saturated carbocycles. The second-order valence-corrected chi connectivity index (χ2v) is 7.68. The number of thiophene rings is 1. The van der Waals surface area contributed by atoms with Crippen LogP contribution in [-0.2, 0) is 13.5 Å². The van der Waals surface area contributed by atoms with Crippen LogP contribution >= 0.6 is 11.3 Å². The van der Waals surface area contributed by atoms with Crippen LogP contribution in [0, 0.1) is 12.8 Å². The number of aromatic nitrogens is 4. The van der Waals surface area contributed by atoms with Gasteiger partial charge in [-0.05, 0) is 37.1 Å². The first-order valence-electron chi connectivity index (χ1n) is 8.74. The first-order valence-corrected chi connectivity index (χ1v) is 9.62. The summed E-state index contributed by atoms with van der Waals surface area (Å²) in [7, 11) is 1.98. The van der Waals surface area contributed by atoms with E-state index in [4.69, 9.17) is 4.98 Å². The lowest BCUT2D eigenvalue weighted by molar-refractivity contribution is 0.0792. The molecule has 4 rings (SSSR count). The average Bonchev–Trinajstić information content (AvgIpc) is 3.38. The Kier molecular flexibility index (Phi) is 4.55. The Morgan fingerprint density at radius 2 is 2.23 bits per heavy atom. The highest BCUT2D eigenvalue weighted by Gasteiger charge is 2.28. The Morgan fingerprint density at radius 1 is 1.35 bits per heavy atom. The van der Waals surface area contributed by atoms with Gasteiger partial charge in [-0.3, -0.25) is 9.78 Å². The molecule has 3 aromatic heterocycles. The smallest absolute Gasteiger partial charge is 0.263 e. The van der Waals surface area contributed by atoms with Crippen LogP contribution in [0.15, 0.2) is 36.1 Å². The molecule has 1 aliphatic heterocycles. The predicted octanol–water partition coefficient (Wildman–Crippen LogP) is 2.95. The van der Waals surface area contributed by atoms with E-state index in [9.17, 15) is 4.79 Å². The molecule has 1 aliphatic rings. The van der Waals surface area contributed by atoms with Gasteiger partial charge in [0.25, 0.3) is 5.91 Å². The average molecular weight is 367 g/mol. The van der Waals surface area contributed by atoms with Gasteiger partial charge in [-0.1, -0.05) is 6.07 Å². The molecule has 0 aliphatic carbocycles. The van der Waals surface area contributed by atoms with Crippen molar-refractivity contribution < 1.29 is 4.79 Å². The van der Waals surface area contributed by atoms with E-state index in [1.807, 2.05) is 53.3 Å². The van der Waals surface area contributed by atoms with Crippen molar-refractivity contribution in [2.75, 3.05) is 13.1 Å². The molecule has 0 aromatic carbocycles. The highest BCUT2D eigenvalue weighted by Crippen LogP contribution is 2.24. The van der Waals surface area contributed by atoms with Gasteiger partial charge in [0, 0.05) is 26.3 Å². The molecule has 1 atom stereocenters. The lowest BCUT2D eigenvalue weighted by atomic mass is 10.0. The van der Waals surface area contributed by atoms with Gasteiger partial charge in [-0.2, -0.15) is 0 Å². The summed E-state index contributed by atoms with van der Waals surface area (Å²) in [5, 5.41) is 1.95. The largest absolute Gasteiger partial charge is 0.338 e. The zero-order valence-corrected chi connectivity index (χ0v) is 15.7. The van der Waals surface area contributed by atoms with Crippen LogP contribution in [0.1, 0.15) is 27.6 Å². The van der Waals surface area contributed by atoms with E-state index in [2.05, 4.69) is 9.97 Å². The third-order valence-corrected chi connectivity index (χ3v) is 5.83. The molecule has 3 aromatic rings. The molecule has 0 unspecified atom stereocenters. The number of carbonyl (C=O) groups excluding carboxylic acids is 1.